The third-order valence-corrected chi connectivity index (χ3v) is 1.52. The zero-order valence-electron chi connectivity index (χ0n) is 6.07. The molecule has 0 aromatic heterocycles. The zero-order chi connectivity index (χ0) is 6.69. The molecule has 0 unspecified atom stereocenters. The molecular formula is C8H13N. The second-order valence-electron chi connectivity index (χ2n) is 2.36. The first-order valence-corrected chi connectivity index (χ1v) is 3.44. The molecule has 1 N–H and O–H groups in total. The Bertz CT molecular complexity index is 154. The molecule has 1 aliphatic heterocycles. The summed E-state index contributed by atoms with van der Waals surface area (Å²) in [6.07, 6.45) is 5.45. The van der Waals surface area contributed by atoms with Gasteiger partial charge in [-0.15, -0.1) is 0 Å². The summed E-state index contributed by atoms with van der Waals surface area (Å²) in [5.41, 5.74) is 2.79. The average Bonchev–Trinajstić information content (AvgIpc) is 1.86. The first-order valence-electron chi connectivity index (χ1n) is 3.44. The zero-order valence-corrected chi connectivity index (χ0v) is 6.07. The number of hydrogen-bond donors (Lipinski definition) is 1. The van der Waals surface area contributed by atoms with Crippen LogP contribution in [0.3, 0.4) is 0 Å². The highest BCUT2D eigenvalue weighted by molar-refractivity contribution is 5.31. The molecule has 1 heteroatoms. The van der Waals surface area contributed by atoms with Crippen LogP contribution in [0.4, 0.5) is 0 Å². The minimum absolute atomic E-state index is 1.07. The molecule has 0 saturated carbocycles. The van der Waals surface area contributed by atoms with E-state index >= 15 is 0 Å². The fourth-order valence-electron chi connectivity index (χ4n) is 0.804. The Morgan fingerprint density at radius 3 is 2.78 bits per heavy atom. The van der Waals surface area contributed by atoms with Gasteiger partial charge in [0.2, 0.25) is 0 Å². The van der Waals surface area contributed by atoms with Crippen LogP contribution >= 0.6 is 0 Å². The first kappa shape index (κ1) is 6.40. The average molecular weight is 123 g/mol. The third-order valence-electron chi connectivity index (χ3n) is 1.52. The molecule has 0 atom stereocenters. The van der Waals surface area contributed by atoms with Crippen LogP contribution < -0.4 is 5.32 Å². The Morgan fingerprint density at radius 1 is 1.67 bits per heavy atom. The van der Waals surface area contributed by atoms with Crippen LogP contribution in [-0.4, -0.2) is 6.54 Å². The van der Waals surface area contributed by atoms with Crippen molar-refractivity contribution < 1.29 is 0 Å². The van der Waals surface area contributed by atoms with E-state index in [9.17, 15) is 0 Å². The van der Waals surface area contributed by atoms with Crippen molar-refractivity contribution in [2.45, 2.75) is 20.3 Å². The van der Waals surface area contributed by atoms with Crippen molar-refractivity contribution in [3.63, 3.8) is 0 Å². The number of nitrogens with one attached hydrogen (secondary N) is 1. The summed E-state index contributed by atoms with van der Waals surface area (Å²) in [5.74, 6) is 0. The van der Waals surface area contributed by atoms with E-state index in [4.69, 9.17) is 0 Å². The van der Waals surface area contributed by atoms with Crippen LogP contribution in [0.25, 0.3) is 0 Å². The normalized spacial score (nSPS) is 18.0. The maximum atomic E-state index is 3.22. The molecule has 0 aliphatic carbocycles. The topological polar surface area (TPSA) is 12.0 Å². The van der Waals surface area contributed by atoms with Gasteiger partial charge in [0.1, 0.15) is 0 Å². The van der Waals surface area contributed by atoms with E-state index in [1.807, 2.05) is 0 Å². The largest absolute Gasteiger partial charge is 0.381 e. The molecule has 1 heterocycles. The molecule has 0 aromatic rings. The van der Waals surface area contributed by atoms with E-state index in [-0.39, 0.29) is 0 Å². The monoisotopic (exact) mass is 123 g/mol. The molecule has 0 aromatic carbocycles. The highest BCUT2D eigenvalue weighted by Crippen LogP contribution is 2.10. The van der Waals surface area contributed by atoms with Gasteiger partial charge in [-0.05, 0) is 25.0 Å². The summed E-state index contributed by atoms with van der Waals surface area (Å²) in [7, 11) is 0. The maximum Gasteiger partial charge on any atom is 0.0380 e. The molecule has 50 valence electrons. The van der Waals surface area contributed by atoms with Crippen molar-refractivity contribution >= 4 is 0 Å². The summed E-state index contributed by atoms with van der Waals surface area (Å²) in [4.78, 5) is 0. The fourth-order valence-corrected chi connectivity index (χ4v) is 0.804. The molecule has 1 aliphatic rings. The smallest absolute Gasteiger partial charge is 0.0380 e. The van der Waals surface area contributed by atoms with E-state index in [1.54, 1.807) is 0 Å². The number of allylic oxidation sites excluding steroid dienone is 2. The molecule has 0 amide bonds. The van der Waals surface area contributed by atoms with Gasteiger partial charge in [0.15, 0.2) is 0 Å². The Hall–Kier alpha value is -0.720. The van der Waals surface area contributed by atoms with E-state index in [0.717, 1.165) is 13.0 Å². The lowest BCUT2D eigenvalue weighted by atomic mass is 10.1. The molecule has 0 bridgehead atoms. The van der Waals surface area contributed by atoms with Gasteiger partial charge in [-0.1, -0.05) is 13.0 Å². The van der Waals surface area contributed by atoms with E-state index in [1.165, 1.54) is 11.3 Å². The fraction of sp³-hybridized carbons (Fsp3) is 0.500. The molecule has 0 fully saturated rings. The molecule has 0 saturated heterocycles. The second kappa shape index (κ2) is 2.72. The lowest BCUT2D eigenvalue weighted by Gasteiger charge is -2.20. The van der Waals surface area contributed by atoms with Gasteiger partial charge in [0.05, 0.1) is 0 Å². The Labute approximate surface area is 56.5 Å². The van der Waals surface area contributed by atoms with Gasteiger partial charge in [0, 0.05) is 12.2 Å². The minimum atomic E-state index is 1.07. The van der Waals surface area contributed by atoms with Crippen LogP contribution in [0.5, 0.6) is 0 Å². The predicted molar refractivity (Wildman–Crippen MR) is 40.1 cm³/mol. The van der Waals surface area contributed by atoms with Gasteiger partial charge < -0.3 is 5.32 Å². The van der Waals surface area contributed by atoms with Crippen LogP contribution in [0.2, 0.25) is 0 Å². The highest BCUT2D eigenvalue weighted by atomic mass is 14.9. The Morgan fingerprint density at radius 2 is 2.44 bits per heavy atom. The molecule has 1 nitrogen and oxygen atoms in total. The Balaban J connectivity index is 2.45. The van der Waals surface area contributed by atoms with E-state index < -0.39 is 0 Å². The summed E-state index contributed by atoms with van der Waals surface area (Å²) >= 11 is 0. The van der Waals surface area contributed by atoms with E-state index in [0.29, 0.717) is 0 Å². The van der Waals surface area contributed by atoms with Gasteiger partial charge >= 0.3 is 0 Å². The van der Waals surface area contributed by atoms with Crippen molar-refractivity contribution in [2.24, 2.45) is 0 Å². The van der Waals surface area contributed by atoms with Crippen molar-refractivity contribution in [2.75, 3.05) is 6.54 Å². The summed E-state index contributed by atoms with van der Waals surface area (Å²) in [5, 5.41) is 3.22. The standard InChI is InChI=1S/C8H13N/c1-3-4-5-8-7(2)6-9-8/h4-5,9H,3,6H2,1-2H3/b5-4-. The summed E-state index contributed by atoms with van der Waals surface area (Å²) < 4.78 is 0. The van der Waals surface area contributed by atoms with Crippen LogP contribution in [0, 0.1) is 0 Å². The SMILES string of the molecule is CC/C=C\C1=C(C)CN1. The van der Waals surface area contributed by atoms with E-state index in [2.05, 4.69) is 31.3 Å². The summed E-state index contributed by atoms with van der Waals surface area (Å²) in [6.45, 7) is 5.38. The maximum absolute atomic E-state index is 3.22. The lowest BCUT2D eigenvalue weighted by Crippen LogP contribution is -2.27. The van der Waals surface area contributed by atoms with Gasteiger partial charge in [-0.3, -0.25) is 0 Å². The van der Waals surface area contributed by atoms with Gasteiger partial charge in [-0.25, -0.2) is 0 Å². The first-order chi connectivity index (χ1) is 4.34. The molecule has 1 rings (SSSR count). The molecular weight excluding hydrogens is 110 g/mol. The number of hydrogen-bond acceptors (Lipinski definition) is 1. The highest BCUT2D eigenvalue weighted by Gasteiger charge is 2.06. The molecule has 0 radical (unpaired) electrons. The minimum Gasteiger partial charge on any atom is -0.381 e. The van der Waals surface area contributed by atoms with Crippen LogP contribution in [-0.2, 0) is 0 Å². The Kier molecular flexibility index (Phi) is 1.93. The van der Waals surface area contributed by atoms with Crippen molar-refractivity contribution in [1.29, 1.82) is 0 Å². The quantitative estimate of drug-likeness (QED) is 0.590. The summed E-state index contributed by atoms with van der Waals surface area (Å²) in [6, 6.07) is 0. The predicted octanol–water partition coefficient (Wildman–Crippen LogP) is 1.83. The second-order valence-corrected chi connectivity index (χ2v) is 2.36. The molecule has 0 spiro atoms. The van der Waals surface area contributed by atoms with Crippen molar-refractivity contribution in [3.05, 3.63) is 23.4 Å². The number of rotatable bonds is 2. The lowest BCUT2D eigenvalue weighted by molar-refractivity contribution is 0.780. The molecule has 9 heavy (non-hydrogen) atoms. The van der Waals surface area contributed by atoms with Crippen LogP contribution in [0.1, 0.15) is 20.3 Å². The van der Waals surface area contributed by atoms with Crippen LogP contribution in [0.15, 0.2) is 23.4 Å². The third kappa shape index (κ3) is 1.35. The van der Waals surface area contributed by atoms with Gasteiger partial charge in [-0.2, -0.15) is 0 Å². The van der Waals surface area contributed by atoms with Crippen molar-refractivity contribution in [3.8, 4) is 0 Å². The van der Waals surface area contributed by atoms with Gasteiger partial charge in [0.25, 0.3) is 0 Å². The van der Waals surface area contributed by atoms with Crippen molar-refractivity contribution in [1.82, 2.24) is 5.32 Å².